The molecule has 0 radical (unpaired) electrons. The average molecular weight is 395 g/mol. The molecule has 1 N–H and O–H groups in total. The minimum absolute atomic E-state index is 0.152. The van der Waals surface area contributed by atoms with Crippen molar-refractivity contribution in [2.75, 3.05) is 7.11 Å². The minimum Gasteiger partial charge on any atom is -0.497 e. The molecular weight excluding hydrogens is 374 g/mol. The normalized spacial score (nSPS) is 11.1. The Kier molecular flexibility index (Phi) is 4.71. The molecule has 9 heteroatoms. The standard InChI is InChI=1S/C20H21N5O4/c1-13-18(14(2)29-22-13)11-24-10-16(8-21-24)25-19(26)12-23(20(25)27)9-15-4-6-17(28-3)7-5-15/h4-8,10,12,26H,9,11H2,1-3H3. The fraction of sp³-hybridized carbons (Fsp3) is 0.250. The molecule has 0 fully saturated rings. The number of nitrogens with zero attached hydrogens (tertiary/aromatic N) is 5. The molecule has 3 aromatic heterocycles. The maximum Gasteiger partial charge on any atom is 0.336 e. The zero-order chi connectivity index (χ0) is 20.5. The van der Waals surface area contributed by atoms with E-state index in [2.05, 4.69) is 10.3 Å². The van der Waals surface area contributed by atoms with Crippen LogP contribution in [0.2, 0.25) is 0 Å². The van der Waals surface area contributed by atoms with Crippen LogP contribution in [0.15, 0.2) is 52.2 Å². The van der Waals surface area contributed by atoms with E-state index in [4.69, 9.17) is 9.26 Å². The summed E-state index contributed by atoms with van der Waals surface area (Å²) in [6.45, 7) is 4.50. The van der Waals surface area contributed by atoms with E-state index in [0.717, 1.165) is 28.3 Å². The lowest BCUT2D eigenvalue weighted by molar-refractivity contribution is 0.391. The monoisotopic (exact) mass is 395 g/mol. The zero-order valence-electron chi connectivity index (χ0n) is 16.4. The number of hydrogen-bond acceptors (Lipinski definition) is 6. The Bertz CT molecular complexity index is 1180. The van der Waals surface area contributed by atoms with Gasteiger partial charge in [-0.25, -0.2) is 9.36 Å². The summed E-state index contributed by atoms with van der Waals surface area (Å²) in [4.78, 5) is 12.8. The van der Waals surface area contributed by atoms with Crippen molar-refractivity contribution in [1.29, 1.82) is 0 Å². The molecule has 0 amide bonds. The number of rotatable bonds is 6. The molecule has 3 heterocycles. The van der Waals surface area contributed by atoms with Crippen LogP contribution in [-0.4, -0.2) is 36.3 Å². The first-order valence-corrected chi connectivity index (χ1v) is 9.05. The second-order valence-electron chi connectivity index (χ2n) is 6.78. The summed E-state index contributed by atoms with van der Waals surface area (Å²) in [6, 6.07) is 7.41. The van der Waals surface area contributed by atoms with Crippen LogP contribution in [0.5, 0.6) is 11.6 Å². The van der Waals surface area contributed by atoms with Crippen LogP contribution >= 0.6 is 0 Å². The van der Waals surface area contributed by atoms with Crippen molar-refractivity contribution in [3.63, 3.8) is 0 Å². The van der Waals surface area contributed by atoms with Crippen molar-refractivity contribution >= 4 is 0 Å². The molecule has 0 aliphatic rings. The number of hydrogen-bond donors (Lipinski definition) is 1. The van der Waals surface area contributed by atoms with Crippen molar-refractivity contribution in [3.8, 4) is 17.3 Å². The molecule has 0 bridgehead atoms. The summed E-state index contributed by atoms with van der Waals surface area (Å²) >= 11 is 0. The van der Waals surface area contributed by atoms with Gasteiger partial charge < -0.3 is 14.4 Å². The highest BCUT2D eigenvalue weighted by Crippen LogP contribution is 2.18. The van der Waals surface area contributed by atoms with Gasteiger partial charge in [-0.2, -0.15) is 5.10 Å². The largest absolute Gasteiger partial charge is 0.497 e. The molecule has 0 saturated carbocycles. The Morgan fingerprint density at radius 3 is 2.55 bits per heavy atom. The van der Waals surface area contributed by atoms with E-state index in [1.807, 2.05) is 38.1 Å². The Hall–Kier alpha value is -3.75. The number of aromatic hydroxyl groups is 1. The van der Waals surface area contributed by atoms with Crippen molar-refractivity contribution in [2.45, 2.75) is 26.9 Å². The van der Waals surface area contributed by atoms with Gasteiger partial charge in [0, 0.05) is 11.8 Å². The van der Waals surface area contributed by atoms with E-state index in [-0.39, 0.29) is 11.6 Å². The first-order chi connectivity index (χ1) is 14.0. The predicted octanol–water partition coefficient (Wildman–Crippen LogP) is 2.25. The number of aromatic nitrogens is 5. The van der Waals surface area contributed by atoms with Gasteiger partial charge in [-0.1, -0.05) is 17.3 Å². The molecule has 4 rings (SSSR count). The lowest BCUT2D eigenvalue weighted by atomic mass is 10.2. The lowest BCUT2D eigenvalue weighted by Crippen LogP contribution is -2.23. The third-order valence-corrected chi connectivity index (χ3v) is 4.83. The number of aryl methyl sites for hydroxylation is 2. The van der Waals surface area contributed by atoms with Crippen molar-refractivity contribution in [1.82, 2.24) is 24.1 Å². The summed E-state index contributed by atoms with van der Waals surface area (Å²) in [5.41, 5.74) is 2.78. The number of benzene rings is 1. The van der Waals surface area contributed by atoms with Gasteiger partial charge in [0.1, 0.15) is 11.5 Å². The third kappa shape index (κ3) is 3.54. The lowest BCUT2D eigenvalue weighted by Gasteiger charge is -2.04. The zero-order valence-corrected chi connectivity index (χ0v) is 16.4. The minimum atomic E-state index is -0.352. The molecule has 0 aliphatic heterocycles. The van der Waals surface area contributed by atoms with Crippen molar-refractivity contribution in [3.05, 3.63) is 75.9 Å². The molecule has 0 unspecified atom stereocenters. The predicted molar refractivity (Wildman–Crippen MR) is 105 cm³/mol. The number of imidazole rings is 1. The Morgan fingerprint density at radius 2 is 1.90 bits per heavy atom. The Balaban J connectivity index is 1.59. The van der Waals surface area contributed by atoms with Gasteiger partial charge in [-0.3, -0.25) is 9.25 Å². The highest BCUT2D eigenvalue weighted by atomic mass is 16.5. The molecule has 0 aliphatic carbocycles. The van der Waals surface area contributed by atoms with Gasteiger partial charge >= 0.3 is 5.69 Å². The topological polar surface area (TPSA) is 100 Å². The molecule has 0 spiro atoms. The molecule has 150 valence electrons. The maximum absolute atomic E-state index is 12.8. The second-order valence-corrected chi connectivity index (χ2v) is 6.78. The van der Waals surface area contributed by atoms with Crippen LogP contribution in [0, 0.1) is 13.8 Å². The first kappa shape index (κ1) is 18.6. The molecule has 4 aromatic rings. The Labute approximate surface area is 166 Å². The van der Waals surface area contributed by atoms with Crippen LogP contribution in [0.3, 0.4) is 0 Å². The van der Waals surface area contributed by atoms with Crippen molar-refractivity contribution < 1.29 is 14.4 Å². The highest BCUT2D eigenvalue weighted by molar-refractivity contribution is 5.32. The molecule has 1 aromatic carbocycles. The number of methoxy groups -OCH3 is 1. The molecule has 0 saturated heterocycles. The van der Waals surface area contributed by atoms with E-state index in [1.165, 1.54) is 21.5 Å². The van der Waals surface area contributed by atoms with Gasteiger partial charge in [0.15, 0.2) is 0 Å². The highest BCUT2D eigenvalue weighted by Gasteiger charge is 2.16. The van der Waals surface area contributed by atoms with Crippen LogP contribution in [0.1, 0.15) is 22.6 Å². The van der Waals surface area contributed by atoms with Gasteiger partial charge in [-0.05, 0) is 31.5 Å². The molecule has 0 atom stereocenters. The van der Waals surface area contributed by atoms with Gasteiger partial charge in [-0.15, -0.1) is 0 Å². The van der Waals surface area contributed by atoms with Crippen LogP contribution in [-0.2, 0) is 13.1 Å². The van der Waals surface area contributed by atoms with E-state index < -0.39 is 0 Å². The van der Waals surface area contributed by atoms with E-state index in [9.17, 15) is 9.90 Å². The van der Waals surface area contributed by atoms with Crippen molar-refractivity contribution in [2.24, 2.45) is 0 Å². The first-order valence-electron chi connectivity index (χ1n) is 9.05. The second kappa shape index (κ2) is 7.34. The molecule has 9 nitrogen and oxygen atoms in total. The molecular formula is C20H21N5O4. The fourth-order valence-corrected chi connectivity index (χ4v) is 3.21. The van der Waals surface area contributed by atoms with E-state index in [0.29, 0.717) is 18.8 Å². The fourth-order valence-electron chi connectivity index (χ4n) is 3.21. The van der Waals surface area contributed by atoms with E-state index in [1.54, 1.807) is 18.0 Å². The summed E-state index contributed by atoms with van der Waals surface area (Å²) in [5.74, 6) is 1.32. The van der Waals surface area contributed by atoms with Gasteiger partial charge in [0.05, 0.1) is 44.0 Å². The summed E-state index contributed by atoms with van der Waals surface area (Å²) in [5, 5.41) is 18.6. The third-order valence-electron chi connectivity index (χ3n) is 4.83. The summed E-state index contributed by atoms with van der Waals surface area (Å²) < 4.78 is 14.7. The quantitative estimate of drug-likeness (QED) is 0.537. The Morgan fingerprint density at radius 1 is 1.14 bits per heavy atom. The smallest absolute Gasteiger partial charge is 0.336 e. The van der Waals surface area contributed by atoms with Gasteiger partial charge in [0.2, 0.25) is 5.88 Å². The molecule has 29 heavy (non-hydrogen) atoms. The average Bonchev–Trinajstić information content (AvgIpc) is 3.37. The van der Waals surface area contributed by atoms with Crippen LogP contribution < -0.4 is 10.4 Å². The summed E-state index contributed by atoms with van der Waals surface area (Å²) in [6.07, 6.45) is 4.65. The van der Waals surface area contributed by atoms with Crippen LogP contribution in [0.25, 0.3) is 5.69 Å². The SMILES string of the molecule is COc1ccc(Cn2cc(O)n(-c3cnn(Cc4c(C)noc4C)c3)c2=O)cc1. The van der Waals surface area contributed by atoms with E-state index >= 15 is 0 Å². The summed E-state index contributed by atoms with van der Waals surface area (Å²) in [7, 11) is 1.60. The van der Waals surface area contributed by atoms with Crippen LogP contribution in [0.4, 0.5) is 0 Å². The number of ether oxygens (including phenoxy) is 1. The maximum atomic E-state index is 12.8. The van der Waals surface area contributed by atoms with Gasteiger partial charge in [0.25, 0.3) is 0 Å².